The van der Waals surface area contributed by atoms with E-state index in [-0.39, 0.29) is 6.42 Å². The third-order valence-electron chi connectivity index (χ3n) is 3.17. The van der Waals surface area contributed by atoms with Crippen LogP contribution in [0.4, 0.5) is 5.69 Å². The Morgan fingerprint density at radius 2 is 1.96 bits per heavy atom. The highest BCUT2D eigenvalue weighted by Gasteiger charge is 2.11. The van der Waals surface area contributed by atoms with Gasteiger partial charge >= 0.3 is 5.97 Å². The van der Waals surface area contributed by atoms with Crippen LogP contribution >= 0.6 is 0 Å². The summed E-state index contributed by atoms with van der Waals surface area (Å²) in [6.07, 6.45) is 0.0151. The molecule has 1 N–H and O–H groups in total. The summed E-state index contributed by atoms with van der Waals surface area (Å²) >= 11 is 0. The summed E-state index contributed by atoms with van der Waals surface area (Å²) in [6.45, 7) is -0.398. The second-order valence-electron chi connectivity index (χ2n) is 4.89. The number of ether oxygens (including phenoxy) is 2. The molecule has 0 atom stereocenters. The van der Waals surface area contributed by atoms with Gasteiger partial charge in [-0.2, -0.15) is 5.26 Å². The van der Waals surface area contributed by atoms with E-state index in [1.54, 1.807) is 42.5 Å². The van der Waals surface area contributed by atoms with Crippen molar-refractivity contribution in [3.63, 3.8) is 0 Å². The third-order valence-corrected chi connectivity index (χ3v) is 3.17. The third kappa shape index (κ3) is 4.85. The zero-order valence-electron chi connectivity index (χ0n) is 13.1. The summed E-state index contributed by atoms with van der Waals surface area (Å²) in [7, 11) is 1.52. The molecule has 2 aromatic carbocycles. The SMILES string of the molecule is COc1ccccc1CC(=O)OCC(=O)Nc1cccc(C#N)c1. The molecular weight excluding hydrogens is 308 g/mol. The average Bonchev–Trinajstić information content (AvgIpc) is 2.60. The van der Waals surface area contributed by atoms with Crippen molar-refractivity contribution in [1.29, 1.82) is 5.26 Å². The zero-order chi connectivity index (χ0) is 17.4. The van der Waals surface area contributed by atoms with Crippen LogP contribution < -0.4 is 10.1 Å². The molecule has 0 heterocycles. The standard InChI is InChI=1S/C18H16N2O4/c1-23-16-8-3-2-6-14(16)10-18(22)24-12-17(21)20-15-7-4-5-13(9-15)11-19/h2-9H,10,12H2,1H3,(H,20,21). The lowest BCUT2D eigenvalue weighted by Gasteiger charge is -2.09. The van der Waals surface area contributed by atoms with Gasteiger partial charge in [-0.15, -0.1) is 0 Å². The van der Waals surface area contributed by atoms with E-state index >= 15 is 0 Å². The maximum absolute atomic E-state index is 11.8. The van der Waals surface area contributed by atoms with E-state index < -0.39 is 18.5 Å². The monoisotopic (exact) mass is 324 g/mol. The Kier molecular flexibility index (Phi) is 5.92. The van der Waals surface area contributed by atoms with Crippen LogP contribution in [0.15, 0.2) is 48.5 Å². The molecule has 0 aromatic heterocycles. The molecule has 6 heteroatoms. The number of nitrogens with zero attached hydrogens (tertiary/aromatic N) is 1. The van der Waals surface area contributed by atoms with Crippen molar-refractivity contribution >= 4 is 17.6 Å². The molecule has 0 saturated heterocycles. The molecule has 0 spiro atoms. The summed E-state index contributed by atoms with van der Waals surface area (Å²) in [4.78, 5) is 23.6. The maximum atomic E-state index is 11.8. The van der Waals surface area contributed by atoms with E-state index in [0.29, 0.717) is 22.6 Å². The van der Waals surface area contributed by atoms with Gasteiger partial charge in [0, 0.05) is 11.3 Å². The van der Waals surface area contributed by atoms with Gasteiger partial charge in [0.05, 0.1) is 25.2 Å². The van der Waals surface area contributed by atoms with Gasteiger partial charge in [-0.3, -0.25) is 9.59 Å². The molecule has 0 fully saturated rings. The van der Waals surface area contributed by atoms with E-state index in [9.17, 15) is 9.59 Å². The normalized spacial score (nSPS) is 9.67. The second-order valence-corrected chi connectivity index (χ2v) is 4.89. The van der Waals surface area contributed by atoms with Gasteiger partial charge in [-0.1, -0.05) is 24.3 Å². The van der Waals surface area contributed by atoms with Crippen LogP contribution in [-0.4, -0.2) is 25.6 Å². The highest BCUT2D eigenvalue weighted by Crippen LogP contribution is 2.18. The van der Waals surface area contributed by atoms with Gasteiger partial charge in [-0.05, 0) is 24.3 Å². The molecule has 122 valence electrons. The van der Waals surface area contributed by atoms with Crippen molar-refractivity contribution in [3.8, 4) is 11.8 Å². The number of esters is 1. The molecule has 24 heavy (non-hydrogen) atoms. The molecule has 6 nitrogen and oxygen atoms in total. The summed E-state index contributed by atoms with van der Waals surface area (Å²) in [5, 5.41) is 11.4. The first kappa shape index (κ1) is 17.0. The van der Waals surface area contributed by atoms with Gasteiger partial charge in [0.1, 0.15) is 5.75 Å². The fourth-order valence-corrected chi connectivity index (χ4v) is 2.07. The van der Waals surface area contributed by atoms with E-state index in [1.807, 2.05) is 6.07 Å². The minimum absolute atomic E-state index is 0.0151. The molecule has 0 aliphatic heterocycles. The fraction of sp³-hybridized carbons (Fsp3) is 0.167. The molecule has 2 rings (SSSR count). The Labute approximate surface area is 139 Å². The second kappa shape index (κ2) is 8.34. The number of para-hydroxylation sites is 1. The van der Waals surface area contributed by atoms with E-state index in [1.165, 1.54) is 13.2 Å². The van der Waals surface area contributed by atoms with Crippen LogP contribution in [0, 0.1) is 11.3 Å². The Morgan fingerprint density at radius 1 is 1.17 bits per heavy atom. The smallest absolute Gasteiger partial charge is 0.310 e. The van der Waals surface area contributed by atoms with Gasteiger partial charge in [-0.25, -0.2) is 0 Å². The molecule has 1 amide bonds. The first-order valence-corrected chi connectivity index (χ1v) is 7.20. The van der Waals surface area contributed by atoms with E-state index in [4.69, 9.17) is 14.7 Å². The average molecular weight is 324 g/mol. The van der Waals surface area contributed by atoms with Gasteiger partial charge in [0.2, 0.25) is 0 Å². The van der Waals surface area contributed by atoms with Crippen LogP contribution in [-0.2, 0) is 20.7 Å². The molecule has 0 aliphatic rings. The van der Waals surface area contributed by atoms with Crippen molar-refractivity contribution in [2.24, 2.45) is 0 Å². The van der Waals surface area contributed by atoms with Crippen LogP contribution in [0.25, 0.3) is 0 Å². The number of nitrogens with one attached hydrogen (secondary N) is 1. The number of benzene rings is 2. The van der Waals surface area contributed by atoms with E-state index in [2.05, 4.69) is 5.32 Å². The lowest BCUT2D eigenvalue weighted by atomic mass is 10.1. The number of methoxy groups -OCH3 is 1. The fourth-order valence-electron chi connectivity index (χ4n) is 2.07. The van der Waals surface area contributed by atoms with Crippen molar-refractivity contribution in [2.75, 3.05) is 19.0 Å². The van der Waals surface area contributed by atoms with Crippen LogP contribution in [0.3, 0.4) is 0 Å². The number of hydrogen-bond donors (Lipinski definition) is 1. The van der Waals surface area contributed by atoms with E-state index in [0.717, 1.165) is 0 Å². The molecule has 2 aromatic rings. The van der Waals surface area contributed by atoms with Gasteiger partial charge in [0.15, 0.2) is 6.61 Å². The van der Waals surface area contributed by atoms with Gasteiger partial charge < -0.3 is 14.8 Å². The van der Waals surface area contributed by atoms with Crippen molar-refractivity contribution < 1.29 is 19.1 Å². The predicted octanol–water partition coefficient (Wildman–Crippen LogP) is 2.29. The molecular formula is C18H16N2O4. The van der Waals surface area contributed by atoms with Crippen LogP contribution in [0.2, 0.25) is 0 Å². The number of nitriles is 1. The maximum Gasteiger partial charge on any atom is 0.310 e. The van der Waals surface area contributed by atoms with Crippen LogP contribution in [0.5, 0.6) is 5.75 Å². The molecule has 0 aliphatic carbocycles. The van der Waals surface area contributed by atoms with Crippen molar-refractivity contribution in [3.05, 3.63) is 59.7 Å². The lowest BCUT2D eigenvalue weighted by molar-refractivity contribution is -0.146. The van der Waals surface area contributed by atoms with Crippen LogP contribution in [0.1, 0.15) is 11.1 Å². The Hall–Kier alpha value is -3.33. The number of amides is 1. The summed E-state index contributed by atoms with van der Waals surface area (Å²) < 4.78 is 10.1. The minimum Gasteiger partial charge on any atom is -0.496 e. The lowest BCUT2D eigenvalue weighted by Crippen LogP contribution is -2.21. The predicted molar refractivity (Wildman–Crippen MR) is 87.4 cm³/mol. The minimum atomic E-state index is -0.527. The first-order valence-electron chi connectivity index (χ1n) is 7.20. The van der Waals surface area contributed by atoms with Crippen molar-refractivity contribution in [1.82, 2.24) is 0 Å². The largest absolute Gasteiger partial charge is 0.496 e. The Morgan fingerprint density at radius 3 is 2.71 bits per heavy atom. The molecule has 0 unspecified atom stereocenters. The first-order chi connectivity index (χ1) is 11.6. The molecule has 0 radical (unpaired) electrons. The highest BCUT2D eigenvalue weighted by atomic mass is 16.5. The Bertz CT molecular complexity index is 781. The molecule has 0 saturated carbocycles. The summed E-state index contributed by atoms with van der Waals surface area (Å²) in [5.74, 6) is -0.411. The quantitative estimate of drug-likeness (QED) is 0.824. The number of rotatable bonds is 6. The van der Waals surface area contributed by atoms with Crippen molar-refractivity contribution in [2.45, 2.75) is 6.42 Å². The summed E-state index contributed by atoms with van der Waals surface area (Å²) in [5.41, 5.74) is 1.59. The number of carbonyl (C=O) groups is 2. The summed E-state index contributed by atoms with van der Waals surface area (Å²) in [6, 6.07) is 15.5. The van der Waals surface area contributed by atoms with Gasteiger partial charge in [0.25, 0.3) is 5.91 Å². The zero-order valence-corrected chi connectivity index (χ0v) is 13.1. The number of anilines is 1. The highest BCUT2D eigenvalue weighted by molar-refractivity contribution is 5.93. The Balaban J connectivity index is 1.85. The topological polar surface area (TPSA) is 88.4 Å². The number of hydrogen-bond acceptors (Lipinski definition) is 5. The number of carbonyl (C=O) groups excluding carboxylic acids is 2. The molecule has 0 bridgehead atoms.